The third-order valence-electron chi connectivity index (χ3n) is 3.60. The second-order valence-corrected chi connectivity index (χ2v) is 5.54. The number of amides is 1. The molecule has 1 aliphatic rings. The fraction of sp³-hybridized carbons (Fsp3) is 0.357. The monoisotopic (exact) mass is 322 g/mol. The lowest BCUT2D eigenvalue weighted by atomic mass is 10.1. The number of carboxylic acid groups (broad SMARTS) is 1. The van der Waals surface area contributed by atoms with Crippen LogP contribution < -0.4 is 10.2 Å². The minimum Gasteiger partial charge on any atom is -0.465 e. The standard InChI is InChI=1S/C14H15ClN4O3/c15-10-3-1-9(2-4-10)12-17-18-13(22-12)19-7-5-11(6-8-19)16-14(20)21/h1-4,11,16H,5-8H2,(H,20,21). The van der Waals surface area contributed by atoms with Gasteiger partial charge in [0.15, 0.2) is 0 Å². The molecule has 0 unspecified atom stereocenters. The summed E-state index contributed by atoms with van der Waals surface area (Å²) in [5.41, 5.74) is 0.811. The number of hydrogen-bond donors (Lipinski definition) is 2. The highest BCUT2D eigenvalue weighted by atomic mass is 35.5. The zero-order valence-electron chi connectivity index (χ0n) is 11.7. The third kappa shape index (κ3) is 3.30. The van der Waals surface area contributed by atoms with Crippen molar-refractivity contribution in [1.29, 1.82) is 0 Å². The molecule has 2 N–H and O–H groups in total. The summed E-state index contributed by atoms with van der Waals surface area (Å²) in [6, 6.07) is 7.62. The number of nitrogens with zero attached hydrogens (tertiary/aromatic N) is 3. The van der Waals surface area contributed by atoms with E-state index in [0.29, 0.717) is 42.9 Å². The van der Waals surface area contributed by atoms with Crippen molar-refractivity contribution in [2.75, 3.05) is 18.0 Å². The average Bonchev–Trinajstić information content (AvgIpc) is 2.98. The molecule has 116 valence electrons. The highest BCUT2D eigenvalue weighted by Crippen LogP contribution is 2.25. The van der Waals surface area contributed by atoms with Crippen molar-refractivity contribution >= 4 is 23.7 Å². The van der Waals surface area contributed by atoms with Gasteiger partial charge >= 0.3 is 12.1 Å². The molecule has 22 heavy (non-hydrogen) atoms. The number of nitrogens with one attached hydrogen (secondary N) is 1. The van der Waals surface area contributed by atoms with Gasteiger partial charge in [-0.15, -0.1) is 5.10 Å². The lowest BCUT2D eigenvalue weighted by Crippen LogP contribution is -2.44. The highest BCUT2D eigenvalue weighted by molar-refractivity contribution is 6.30. The van der Waals surface area contributed by atoms with Crippen molar-refractivity contribution in [3.05, 3.63) is 29.3 Å². The molecule has 1 fully saturated rings. The van der Waals surface area contributed by atoms with Gasteiger partial charge in [-0.25, -0.2) is 4.79 Å². The average molecular weight is 323 g/mol. The van der Waals surface area contributed by atoms with E-state index in [0.717, 1.165) is 5.56 Å². The maximum Gasteiger partial charge on any atom is 0.404 e. The van der Waals surface area contributed by atoms with E-state index >= 15 is 0 Å². The molecule has 1 aromatic carbocycles. The molecule has 1 aromatic heterocycles. The Kier molecular flexibility index (Phi) is 4.15. The summed E-state index contributed by atoms with van der Waals surface area (Å²) in [5, 5.41) is 20.0. The van der Waals surface area contributed by atoms with Crippen LogP contribution >= 0.6 is 11.6 Å². The van der Waals surface area contributed by atoms with Crippen LogP contribution in [0.2, 0.25) is 5.02 Å². The van der Waals surface area contributed by atoms with Gasteiger partial charge in [0.1, 0.15) is 0 Å². The van der Waals surface area contributed by atoms with Gasteiger partial charge in [-0.3, -0.25) is 0 Å². The Hall–Kier alpha value is -2.28. The number of hydrogen-bond acceptors (Lipinski definition) is 5. The van der Waals surface area contributed by atoms with E-state index in [4.69, 9.17) is 21.1 Å². The molecule has 1 aliphatic heterocycles. The maximum absolute atomic E-state index is 10.6. The normalized spacial score (nSPS) is 15.8. The van der Waals surface area contributed by atoms with Crippen LogP contribution in [0.25, 0.3) is 11.5 Å². The van der Waals surface area contributed by atoms with Crippen molar-refractivity contribution in [1.82, 2.24) is 15.5 Å². The van der Waals surface area contributed by atoms with Gasteiger partial charge < -0.3 is 19.7 Å². The first-order valence-corrected chi connectivity index (χ1v) is 7.33. The van der Waals surface area contributed by atoms with Gasteiger partial charge in [-0.1, -0.05) is 16.7 Å². The molecule has 0 radical (unpaired) electrons. The van der Waals surface area contributed by atoms with Crippen molar-refractivity contribution < 1.29 is 14.3 Å². The topological polar surface area (TPSA) is 91.5 Å². The number of rotatable bonds is 3. The lowest BCUT2D eigenvalue weighted by molar-refractivity contribution is 0.187. The van der Waals surface area contributed by atoms with Crippen molar-refractivity contribution in [3.8, 4) is 11.5 Å². The number of benzene rings is 1. The summed E-state index contributed by atoms with van der Waals surface area (Å²) in [6.45, 7) is 1.35. The van der Waals surface area contributed by atoms with Gasteiger partial charge in [0.25, 0.3) is 0 Å². The molecular formula is C14H15ClN4O3. The molecule has 3 rings (SSSR count). The third-order valence-corrected chi connectivity index (χ3v) is 3.85. The first kappa shape index (κ1) is 14.6. The number of halogens is 1. The van der Waals surface area contributed by atoms with E-state index in [1.807, 2.05) is 17.0 Å². The van der Waals surface area contributed by atoms with Crippen LogP contribution in [0.5, 0.6) is 0 Å². The SMILES string of the molecule is O=C(O)NC1CCN(c2nnc(-c3ccc(Cl)cc3)o2)CC1. The number of anilines is 1. The van der Waals surface area contributed by atoms with Gasteiger partial charge in [-0.05, 0) is 37.1 Å². The zero-order chi connectivity index (χ0) is 15.5. The Bertz CT molecular complexity index is 650. The zero-order valence-corrected chi connectivity index (χ0v) is 12.5. The minimum absolute atomic E-state index is 0.0209. The molecule has 2 heterocycles. The van der Waals surface area contributed by atoms with E-state index in [1.165, 1.54) is 0 Å². The van der Waals surface area contributed by atoms with Gasteiger partial charge in [0.05, 0.1) is 0 Å². The maximum atomic E-state index is 10.6. The van der Waals surface area contributed by atoms with E-state index in [2.05, 4.69) is 15.5 Å². The van der Waals surface area contributed by atoms with E-state index < -0.39 is 6.09 Å². The van der Waals surface area contributed by atoms with E-state index in [-0.39, 0.29) is 6.04 Å². The second kappa shape index (κ2) is 6.23. The minimum atomic E-state index is -0.985. The first-order valence-electron chi connectivity index (χ1n) is 6.95. The molecular weight excluding hydrogens is 308 g/mol. The molecule has 0 bridgehead atoms. The largest absolute Gasteiger partial charge is 0.465 e. The summed E-state index contributed by atoms with van der Waals surface area (Å²) in [7, 11) is 0. The fourth-order valence-electron chi connectivity index (χ4n) is 2.44. The summed E-state index contributed by atoms with van der Waals surface area (Å²) in [6.07, 6.45) is 0.442. The lowest BCUT2D eigenvalue weighted by Gasteiger charge is -2.30. The Labute approximate surface area is 131 Å². The molecule has 0 saturated carbocycles. The Morgan fingerprint density at radius 3 is 2.59 bits per heavy atom. The van der Waals surface area contributed by atoms with E-state index in [1.54, 1.807) is 12.1 Å². The highest BCUT2D eigenvalue weighted by Gasteiger charge is 2.24. The van der Waals surface area contributed by atoms with Gasteiger partial charge in [0.2, 0.25) is 5.89 Å². The molecule has 1 saturated heterocycles. The number of piperidine rings is 1. The van der Waals surface area contributed by atoms with Crippen LogP contribution in [-0.4, -0.2) is 40.5 Å². The van der Waals surface area contributed by atoms with Gasteiger partial charge in [0, 0.05) is 29.7 Å². The number of aromatic nitrogens is 2. The van der Waals surface area contributed by atoms with Crippen LogP contribution in [-0.2, 0) is 0 Å². The van der Waals surface area contributed by atoms with Crippen molar-refractivity contribution in [3.63, 3.8) is 0 Å². The molecule has 0 spiro atoms. The smallest absolute Gasteiger partial charge is 0.404 e. The summed E-state index contributed by atoms with van der Waals surface area (Å²) >= 11 is 5.85. The van der Waals surface area contributed by atoms with Gasteiger partial charge in [-0.2, -0.15) is 0 Å². The Balaban J connectivity index is 1.65. The summed E-state index contributed by atoms with van der Waals surface area (Å²) in [5.74, 6) is 0.442. The summed E-state index contributed by atoms with van der Waals surface area (Å²) < 4.78 is 5.69. The molecule has 2 aromatic rings. The van der Waals surface area contributed by atoms with Crippen LogP contribution in [0, 0.1) is 0 Å². The molecule has 0 atom stereocenters. The summed E-state index contributed by atoms with van der Waals surface area (Å²) in [4.78, 5) is 12.6. The van der Waals surface area contributed by atoms with Crippen LogP contribution in [0.15, 0.2) is 28.7 Å². The number of carbonyl (C=O) groups is 1. The predicted octanol–water partition coefficient (Wildman–Crippen LogP) is 2.63. The molecule has 8 heteroatoms. The second-order valence-electron chi connectivity index (χ2n) is 5.11. The Morgan fingerprint density at radius 2 is 1.95 bits per heavy atom. The van der Waals surface area contributed by atoms with Crippen LogP contribution in [0.4, 0.5) is 10.8 Å². The van der Waals surface area contributed by atoms with Crippen molar-refractivity contribution in [2.45, 2.75) is 18.9 Å². The first-order chi connectivity index (χ1) is 10.6. The van der Waals surface area contributed by atoms with Crippen LogP contribution in [0.1, 0.15) is 12.8 Å². The molecule has 1 amide bonds. The molecule has 7 nitrogen and oxygen atoms in total. The predicted molar refractivity (Wildman–Crippen MR) is 81.1 cm³/mol. The van der Waals surface area contributed by atoms with E-state index in [9.17, 15) is 4.79 Å². The Morgan fingerprint density at radius 1 is 1.27 bits per heavy atom. The fourth-order valence-corrected chi connectivity index (χ4v) is 2.57. The quantitative estimate of drug-likeness (QED) is 0.902. The van der Waals surface area contributed by atoms with Crippen molar-refractivity contribution in [2.24, 2.45) is 0 Å². The van der Waals surface area contributed by atoms with Crippen LogP contribution in [0.3, 0.4) is 0 Å². The molecule has 0 aliphatic carbocycles.